The van der Waals surface area contributed by atoms with Crippen LogP contribution in [0, 0.1) is 17.8 Å². The first-order chi connectivity index (χ1) is 17.0. The highest BCUT2D eigenvalue weighted by molar-refractivity contribution is 5.77. The van der Waals surface area contributed by atoms with E-state index >= 15 is 0 Å². The Morgan fingerprint density at radius 2 is 1.58 bits per heavy atom. The van der Waals surface area contributed by atoms with Gasteiger partial charge in [-0.25, -0.2) is 32.3 Å². The summed E-state index contributed by atoms with van der Waals surface area (Å²) in [6, 6.07) is 0.639. The van der Waals surface area contributed by atoms with E-state index in [4.69, 9.17) is 0 Å². The van der Waals surface area contributed by atoms with Crippen molar-refractivity contribution in [2.24, 2.45) is 17.8 Å². The molecule has 0 radical (unpaired) electrons. The first-order valence-corrected chi connectivity index (χ1v) is 12.4. The Labute approximate surface area is 204 Å². The zero-order chi connectivity index (χ0) is 25.7. The summed E-state index contributed by atoms with van der Waals surface area (Å²) in [5.74, 6) is -5.81. The molecule has 0 saturated heterocycles. The van der Waals surface area contributed by atoms with E-state index in [1.807, 2.05) is 0 Å². The molecule has 2 aromatic rings. The number of alkyl halides is 4. The zero-order valence-electron chi connectivity index (χ0n) is 19.6. The lowest BCUT2D eigenvalue weighted by Gasteiger charge is -2.34. The minimum atomic E-state index is -2.73. The minimum absolute atomic E-state index is 0.0531. The molecule has 0 aromatic carbocycles. The first kappa shape index (κ1) is 24.8. The number of imidazole rings is 1. The van der Waals surface area contributed by atoms with Crippen LogP contribution in [0.5, 0.6) is 0 Å². The van der Waals surface area contributed by atoms with Crippen LogP contribution in [0.15, 0.2) is 18.5 Å². The SMILES string of the molecule is O=C(O)N[C@H](c1cn2ccc([C@@H](NC(=O)CC3CC(F)(F)C3)C3CC3)nc2n1)C1CCC(F)(F)CC1. The van der Waals surface area contributed by atoms with Crippen molar-refractivity contribution in [2.75, 3.05) is 0 Å². The molecule has 0 aliphatic heterocycles. The van der Waals surface area contributed by atoms with Gasteiger partial charge in [-0.3, -0.25) is 9.20 Å². The summed E-state index contributed by atoms with van der Waals surface area (Å²) >= 11 is 0. The highest BCUT2D eigenvalue weighted by atomic mass is 19.3. The number of nitrogens with one attached hydrogen (secondary N) is 2. The van der Waals surface area contributed by atoms with Gasteiger partial charge in [-0.2, -0.15) is 0 Å². The lowest BCUT2D eigenvalue weighted by molar-refractivity contribution is -0.134. The summed E-state index contributed by atoms with van der Waals surface area (Å²) in [4.78, 5) is 33.1. The maximum atomic E-state index is 13.7. The number of hydrogen-bond donors (Lipinski definition) is 3. The number of nitrogens with zero attached hydrogens (tertiary/aromatic N) is 3. The molecule has 2 heterocycles. The standard InChI is InChI=1S/C24H29F4N5O3/c25-23(26)6-3-15(4-7-23)20(32-22(35)36)17-12-33-8-5-16(29-21(33)30-17)19(14-1-2-14)31-18(34)9-13-10-24(27,28)11-13/h5,8,12-15,19-20,32H,1-4,6-7,9-11H2,(H,31,34)(H,35,36)/t19-,20-/m0/s1. The van der Waals surface area contributed by atoms with E-state index in [0.29, 0.717) is 17.2 Å². The van der Waals surface area contributed by atoms with Crippen molar-refractivity contribution in [3.8, 4) is 0 Å². The van der Waals surface area contributed by atoms with Gasteiger partial charge in [0.05, 0.1) is 23.5 Å². The van der Waals surface area contributed by atoms with Gasteiger partial charge >= 0.3 is 6.09 Å². The van der Waals surface area contributed by atoms with E-state index in [0.717, 1.165) is 12.8 Å². The molecule has 3 aliphatic carbocycles. The summed E-state index contributed by atoms with van der Waals surface area (Å²) in [5.41, 5.74) is 0.990. The van der Waals surface area contributed by atoms with Crippen molar-refractivity contribution < 1.29 is 32.3 Å². The number of rotatable bonds is 8. The number of amides is 2. The van der Waals surface area contributed by atoms with Gasteiger partial charge in [-0.1, -0.05) is 0 Å². The molecule has 8 nitrogen and oxygen atoms in total. The van der Waals surface area contributed by atoms with E-state index in [1.54, 1.807) is 22.9 Å². The topological polar surface area (TPSA) is 109 Å². The average Bonchev–Trinajstić information content (AvgIpc) is 3.52. The molecule has 3 fully saturated rings. The normalized spacial score (nSPS) is 23.6. The lowest BCUT2D eigenvalue weighted by Crippen LogP contribution is -2.39. The van der Waals surface area contributed by atoms with Gasteiger partial charge in [-0.05, 0) is 49.5 Å². The van der Waals surface area contributed by atoms with Gasteiger partial charge in [0.15, 0.2) is 0 Å². The van der Waals surface area contributed by atoms with Crippen LogP contribution in [-0.2, 0) is 4.79 Å². The molecule has 0 bridgehead atoms. The second kappa shape index (κ2) is 9.19. The van der Waals surface area contributed by atoms with Crippen LogP contribution in [0.3, 0.4) is 0 Å². The molecule has 3 N–H and O–H groups in total. The van der Waals surface area contributed by atoms with Gasteiger partial charge in [-0.15, -0.1) is 0 Å². The second-order valence-electron chi connectivity index (χ2n) is 10.6. The van der Waals surface area contributed by atoms with Crippen LogP contribution < -0.4 is 10.6 Å². The smallest absolute Gasteiger partial charge is 0.405 e. The Kier molecular flexibility index (Phi) is 6.32. The Bertz CT molecular complexity index is 1130. The Morgan fingerprint density at radius 3 is 2.19 bits per heavy atom. The van der Waals surface area contributed by atoms with E-state index in [1.165, 1.54) is 0 Å². The fourth-order valence-electron chi connectivity index (χ4n) is 5.48. The van der Waals surface area contributed by atoms with Gasteiger partial charge in [0.1, 0.15) is 0 Å². The molecule has 2 atom stereocenters. The summed E-state index contributed by atoms with van der Waals surface area (Å²) in [5, 5.41) is 14.7. The minimum Gasteiger partial charge on any atom is -0.465 e. The van der Waals surface area contributed by atoms with Crippen molar-refractivity contribution in [3.63, 3.8) is 0 Å². The van der Waals surface area contributed by atoms with Gasteiger partial charge in [0.2, 0.25) is 23.5 Å². The fourth-order valence-corrected chi connectivity index (χ4v) is 5.48. The molecule has 0 spiro atoms. The molecule has 0 unspecified atom stereocenters. The largest absolute Gasteiger partial charge is 0.465 e. The number of carbonyl (C=O) groups is 2. The summed E-state index contributed by atoms with van der Waals surface area (Å²) in [7, 11) is 0. The Hall–Kier alpha value is -2.92. The number of carboxylic acid groups (broad SMARTS) is 1. The number of hydrogen-bond acceptors (Lipinski definition) is 4. The summed E-state index contributed by atoms with van der Waals surface area (Å²) in [6.07, 6.45) is 3.20. The van der Waals surface area contributed by atoms with Crippen LogP contribution in [0.1, 0.15) is 81.3 Å². The van der Waals surface area contributed by atoms with Crippen LogP contribution in [-0.4, -0.2) is 43.3 Å². The average molecular weight is 512 g/mol. The van der Waals surface area contributed by atoms with Crippen molar-refractivity contribution in [1.82, 2.24) is 25.0 Å². The number of halogens is 4. The van der Waals surface area contributed by atoms with E-state index in [-0.39, 0.29) is 74.6 Å². The molecule has 3 aliphatic rings. The summed E-state index contributed by atoms with van der Waals surface area (Å²) in [6.45, 7) is 0. The molecule has 196 valence electrons. The molecule has 12 heteroatoms. The highest BCUT2D eigenvalue weighted by Crippen LogP contribution is 2.45. The van der Waals surface area contributed by atoms with E-state index < -0.39 is 24.0 Å². The van der Waals surface area contributed by atoms with Crippen LogP contribution in [0.2, 0.25) is 0 Å². The predicted molar refractivity (Wildman–Crippen MR) is 120 cm³/mol. The molecule has 2 amide bonds. The van der Waals surface area contributed by atoms with Gasteiger partial charge < -0.3 is 15.7 Å². The molecule has 2 aromatic heterocycles. The third kappa shape index (κ3) is 5.57. The van der Waals surface area contributed by atoms with Crippen molar-refractivity contribution in [1.29, 1.82) is 0 Å². The second-order valence-corrected chi connectivity index (χ2v) is 10.6. The van der Waals surface area contributed by atoms with Gasteiger partial charge in [0, 0.05) is 44.5 Å². The monoisotopic (exact) mass is 511 g/mol. The number of carbonyl (C=O) groups excluding carboxylic acids is 1. The van der Waals surface area contributed by atoms with E-state index in [9.17, 15) is 32.3 Å². The molecular formula is C24H29F4N5O3. The quantitative estimate of drug-likeness (QED) is 0.439. The molecule has 5 rings (SSSR count). The fraction of sp³-hybridized carbons (Fsp3) is 0.667. The number of fused-ring (bicyclic) bond motifs is 1. The maximum Gasteiger partial charge on any atom is 0.405 e. The highest BCUT2D eigenvalue weighted by Gasteiger charge is 2.46. The molecule has 36 heavy (non-hydrogen) atoms. The van der Waals surface area contributed by atoms with Crippen LogP contribution in [0.25, 0.3) is 5.78 Å². The predicted octanol–water partition coefficient (Wildman–Crippen LogP) is 4.87. The van der Waals surface area contributed by atoms with Gasteiger partial charge in [0.25, 0.3) is 0 Å². The summed E-state index contributed by atoms with van der Waals surface area (Å²) < 4.78 is 55.2. The van der Waals surface area contributed by atoms with E-state index in [2.05, 4.69) is 20.6 Å². The van der Waals surface area contributed by atoms with Crippen LogP contribution >= 0.6 is 0 Å². The Morgan fingerprint density at radius 1 is 0.972 bits per heavy atom. The first-order valence-electron chi connectivity index (χ1n) is 12.4. The molecule has 3 saturated carbocycles. The van der Waals surface area contributed by atoms with Crippen LogP contribution in [0.4, 0.5) is 22.4 Å². The van der Waals surface area contributed by atoms with Crippen molar-refractivity contribution in [2.45, 2.75) is 81.7 Å². The third-order valence-corrected chi connectivity index (χ3v) is 7.57. The zero-order valence-corrected chi connectivity index (χ0v) is 19.6. The molecular weight excluding hydrogens is 482 g/mol. The lowest BCUT2D eigenvalue weighted by atomic mass is 9.79. The third-order valence-electron chi connectivity index (χ3n) is 7.57. The Balaban J connectivity index is 1.32. The number of aromatic nitrogens is 3. The maximum absolute atomic E-state index is 13.7. The van der Waals surface area contributed by atoms with Crippen molar-refractivity contribution in [3.05, 3.63) is 29.8 Å². The van der Waals surface area contributed by atoms with Crippen molar-refractivity contribution >= 4 is 17.8 Å².